The van der Waals surface area contributed by atoms with Crippen LogP contribution in [0.1, 0.15) is 47.7 Å². The number of methoxy groups -OCH3 is 1. The maximum absolute atomic E-state index is 10.2. The van der Waals surface area contributed by atoms with E-state index in [1.54, 1.807) is 37.4 Å². The van der Waals surface area contributed by atoms with Crippen LogP contribution in [-0.4, -0.2) is 122 Å². The van der Waals surface area contributed by atoms with Crippen LogP contribution in [0.4, 0.5) is 4.39 Å². The summed E-state index contributed by atoms with van der Waals surface area (Å²) in [6.45, 7) is 7.86. The number of aryl methyl sites for hydroxylation is 1. The fourth-order valence-corrected chi connectivity index (χ4v) is 4.14. The fourth-order valence-electron chi connectivity index (χ4n) is 4.14. The quantitative estimate of drug-likeness (QED) is 0.377. The molecule has 0 bridgehead atoms. The van der Waals surface area contributed by atoms with Crippen molar-refractivity contribution in [1.29, 1.82) is 0 Å². The van der Waals surface area contributed by atoms with Gasteiger partial charge in [-0.15, -0.1) is 0 Å². The predicted molar refractivity (Wildman–Crippen MR) is 140 cm³/mol. The number of fused-ring (bicyclic) bond motifs is 1. The summed E-state index contributed by atoms with van der Waals surface area (Å²) in [5.74, 6) is 1.07. The van der Waals surface area contributed by atoms with E-state index in [2.05, 4.69) is 35.9 Å². The molecule has 1 fully saturated rings. The second-order valence-corrected chi connectivity index (χ2v) is 7.94. The molecule has 2 heterocycles. The first kappa shape index (κ1) is 33.3. The summed E-state index contributed by atoms with van der Waals surface area (Å²) in [6, 6.07) is 12.6. The number of aromatic carboxylic acids is 1. The van der Waals surface area contributed by atoms with E-state index in [4.69, 9.17) is 9.84 Å². The van der Waals surface area contributed by atoms with Crippen LogP contribution < -0.4 is 4.74 Å². The maximum atomic E-state index is 10.2. The Balaban J connectivity index is 0.000000373. The zero-order valence-electron chi connectivity index (χ0n) is 21.5. The van der Waals surface area contributed by atoms with Crippen molar-refractivity contribution in [3.05, 3.63) is 65.4 Å². The molecular weight excluding hydrogens is 673 g/mol. The van der Waals surface area contributed by atoms with Crippen LogP contribution in [0.2, 0.25) is 0 Å². The number of halogens is 1. The summed E-state index contributed by atoms with van der Waals surface area (Å²) in [6.07, 6.45) is 6.02. The molecule has 8 heteroatoms. The number of ether oxygens (including phenoxy) is 1. The number of benzene rings is 2. The molecule has 34 heavy (non-hydrogen) atoms. The number of carbonyl (C=O) groups is 1. The van der Waals surface area contributed by atoms with Gasteiger partial charge in [-0.25, -0.2) is 4.79 Å². The van der Waals surface area contributed by atoms with E-state index in [1.807, 2.05) is 6.20 Å². The van der Waals surface area contributed by atoms with E-state index in [0.717, 1.165) is 91.8 Å². The molecule has 0 spiro atoms. The van der Waals surface area contributed by atoms with Gasteiger partial charge in [0.15, 0.2) is 0 Å². The van der Waals surface area contributed by atoms with Gasteiger partial charge in [0.25, 0.3) is 0 Å². The van der Waals surface area contributed by atoms with Crippen LogP contribution in [0.5, 0.6) is 5.75 Å². The summed E-state index contributed by atoms with van der Waals surface area (Å²) in [7, 11) is 2.28. The van der Waals surface area contributed by atoms with Crippen molar-refractivity contribution in [3.63, 3.8) is 0 Å². The van der Waals surface area contributed by atoms with Crippen molar-refractivity contribution in [2.45, 2.75) is 39.7 Å². The van der Waals surface area contributed by atoms with Crippen LogP contribution in [0.3, 0.4) is 0 Å². The van der Waals surface area contributed by atoms with Crippen LogP contribution >= 0.6 is 0 Å². The molecule has 1 aliphatic heterocycles. The zero-order chi connectivity index (χ0) is 25.5. The Bertz CT molecular complexity index is 975. The fraction of sp³-hybridized carbons (Fsp3) is 0.423. The van der Waals surface area contributed by atoms with Gasteiger partial charge in [0.2, 0.25) is 0 Å². The van der Waals surface area contributed by atoms with Gasteiger partial charge >= 0.3 is 79.6 Å². The molecule has 2 aromatic carbocycles. The Morgan fingerprint density at radius 2 is 1.79 bits per heavy atom. The third-order valence-corrected chi connectivity index (χ3v) is 6.02. The molecule has 0 atom stereocenters. The van der Waals surface area contributed by atoms with Crippen LogP contribution in [0.15, 0.2) is 48.7 Å². The Kier molecular flexibility index (Phi) is 18.9. The molecule has 0 saturated carbocycles. The van der Waals surface area contributed by atoms with E-state index in [1.165, 1.54) is 54.4 Å². The number of carboxylic acid groups (broad SMARTS) is 1. The standard InChI is InChI=1S/C18H26N2O.C7H6O2.CH3F.2Cs/c1-4-14-6-9-20(10-7-14)12-16-15-5-8-19-18(15)13(2)11-17(16)21-3;8-7(9)6-4-2-1-3-5-6;1-2;;/h5,8,11,14,19H,4,6-7,9-10,12H2,1-3H3;1-5H,(H,8,9);1H3;;. The SMILES string of the molecule is CCC1CCN(Cc2c(OC)cc(C)c3[nH]ccc23)CC1.CF.O=C(O)c1ccccc1.[Cs][Cs]. The van der Waals surface area contributed by atoms with Gasteiger partial charge in [-0.2, -0.15) is 0 Å². The van der Waals surface area contributed by atoms with Crippen molar-refractivity contribution < 1.29 is 19.0 Å². The number of aromatic nitrogens is 1. The molecule has 2 N–H and O–H groups in total. The summed E-state index contributed by atoms with van der Waals surface area (Å²) >= 11 is 2.22. The monoisotopic (exact) mass is 708 g/mol. The molecule has 1 aromatic heterocycles. The number of nitrogens with zero attached hydrogens (tertiary/aromatic N) is 1. The minimum atomic E-state index is -0.879. The number of likely N-dealkylation sites (tertiary alicyclic amines) is 1. The van der Waals surface area contributed by atoms with Crippen molar-refractivity contribution >= 4 is 90.5 Å². The second kappa shape index (κ2) is 19.3. The van der Waals surface area contributed by atoms with Gasteiger partial charge in [0, 0.05) is 29.2 Å². The van der Waals surface area contributed by atoms with Crippen molar-refractivity contribution in [1.82, 2.24) is 9.88 Å². The molecule has 1 aliphatic rings. The van der Waals surface area contributed by atoms with Gasteiger partial charge in [0.05, 0.1) is 19.9 Å². The van der Waals surface area contributed by atoms with Gasteiger partial charge in [0.1, 0.15) is 5.75 Å². The first-order valence-corrected chi connectivity index (χ1v) is 64.1. The van der Waals surface area contributed by atoms with Crippen molar-refractivity contribution in [3.8, 4) is 5.75 Å². The summed E-state index contributed by atoms with van der Waals surface area (Å²) in [5.41, 5.74) is 4.15. The predicted octanol–water partition coefficient (Wildman–Crippen LogP) is 5.32. The minimum absolute atomic E-state index is 0.331. The number of carboxylic acids is 1. The summed E-state index contributed by atoms with van der Waals surface area (Å²) < 4.78 is 15.1. The summed E-state index contributed by atoms with van der Waals surface area (Å²) in [4.78, 5) is 16.1. The molecular formula is C26H35Cs2FN2O3. The number of H-pyrrole nitrogens is 1. The van der Waals surface area contributed by atoms with Gasteiger partial charge in [-0.05, 0) is 68.6 Å². The number of piperidine rings is 1. The van der Waals surface area contributed by atoms with E-state index in [9.17, 15) is 9.18 Å². The number of hydrogen-bond donors (Lipinski definition) is 2. The molecule has 5 nitrogen and oxygen atoms in total. The number of alkyl halides is 1. The third kappa shape index (κ3) is 10.5. The van der Waals surface area contributed by atoms with Crippen LogP contribution in [0.25, 0.3) is 10.9 Å². The first-order chi connectivity index (χ1) is 16.5. The van der Waals surface area contributed by atoms with Crippen LogP contribution in [0, 0.1) is 12.8 Å². The molecule has 0 radical (unpaired) electrons. The van der Waals surface area contributed by atoms with Crippen molar-refractivity contribution in [2.75, 3.05) is 27.4 Å². The van der Waals surface area contributed by atoms with E-state index in [-0.39, 0.29) is 0 Å². The van der Waals surface area contributed by atoms with E-state index < -0.39 is 5.97 Å². The molecule has 4 rings (SSSR count). The number of nitrogens with one attached hydrogen (secondary N) is 1. The summed E-state index contributed by atoms with van der Waals surface area (Å²) in [5, 5.41) is 9.69. The third-order valence-electron chi connectivity index (χ3n) is 6.02. The molecule has 176 valence electrons. The number of aromatic amines is 1. The average Bonchev–Trinajstić information content (AvgIpc) is 3.40. The molecule has 0 amide bonds. The van der Waals surface area contributed by atoms with Crippen molar-refractivity contribution in [2.24, 2.45) is 5.92 Å². The number of hydrogen-bond acceptors (Lipinski definition) is 3. The molecule has 0 unspecified atom stereocenters. The van der Waals surface area contributed by atoms with Crippen LogP contribution in [-0.2, 0) is 6.54 Å². The Morgan fingerprint density at radius 3 is 2.29 bits per heavy atom. The van der Waals surface area contributed by atoms with Gasteiger partial charge in [-0.3, -0.25) is 9.29 Å². The molecule has 0 aliphatic carbocycles. The first-order valence-electron chi connectivity index (χ1n) is 12.1. The topological polar surface area (TPSA) is 65.6 Å². The Morgan fingerprint density at radius 1 is 1.18 bits per heavy atom. The normalized spacial score (nSPS) is 13.6. The Hall–Kier alpha value is 1.24. The second-order valence-electron chi connectivity index (χ2n) is 7.94. The van der Waals surface area contributed by atoms with Gasteiger partial charge < -0.3 is 14.8 Å². The number of rotatable bonds is 5. The molecule has 1 saturated heterocycles. The zero-order valence-corrected chi connectivity index (χ0v) is 34.1. The van der Waals surface area contributed by atoms with E-state index in [0.29, 0.717) is 12.7 Å². The average molecular weight is 708 g/mol. The van der Waals surface area contributed by atoms with Gasteiger partial charge in [-0.1, -0.05) is 31.5 Å². The van der Waals surface area contributed by atoms with E-state index >= 15 is 0 Å². The Labute approximate surface area is 256 Å². The molecule has 3 aromatic rings.